The third-order valence-electron chi connectivity index (χ3n) is 8.08. The smallest absolute Gasteiger partial charge is 0.343 e. The molecule has 4 atom stereocenters. The lowest BCUT2D eigenvalue weighted by Crippen LogP contribution is -2.44. The Morgan fingerprint density at radius 3 is 2.77 bits per heavy atom. The molecule has 3 aliphatic heterocycles. The van der Waals surface area contributed by atoms with Crippen molar-refractivity contribution in [2.24, 2.45) is 22.7 Å². The topological polar surface area (TPSA) is 80.9 Å². The molecule has 2 unspecified atom stereocenters. The number of nitrogens with zero attached hydrogens (tertiary/aromatic N) is 2. The maximum absolute atomic E-state index is 14.1. The minimum Gasteiger partial charge on any atom is -0.458 e. The van der Waals surface area contributed by atoms with Gasteiger partial charge in [-0.05, 0) is 61.7 Å². The van der Waals surface area contributed by atoms with Crippen molar-refractivity contribution in [3.63, 3.8) is 0 Å². The number of pyridine rings is 1. The van der Waals surface area contributed by atoms with Crippen molar-refractivity contribution in [3.8, 4) is 0 Å². The van der Waals surface area contributed by atoms with Crippen LogP contribution >= 0.6 is 0 Å². The molecule has 0 radical (unpaired) electrons. The molecule has 35 heavy (non-hydrogen) atoms. The highest BCUT2D eigenvalue weighted by molar-refractivity contribution is 5.99. The number of allylic oxidation sites excluding steroid dienone is 3. The van der Waals surface area contributed by atoms with Crippen LogP contribution in [-0.4, -0.2) is 21.4 Å². The first-order chi connectivity index (χ1) is 16.6. The number of esters is 1. The molecule has 1 aromatic heterocycles. The highest BCUT2D eigenvalue weighted by Crippen LogP contribution is 2.42. The van der Waals surface area contributed by atoms with E-state index >= 15 is 0 Å². The highest BCUT2D eigenvalue weighted by atomic mass is 19.1. The molecule has 7 heteroatoms. The number of fused-ring (bicyclic) bond motifs is 3. The minimum absolute atomic E-state index is 0.0975. The maximum Gasteiger partial charge on any atom is 0.343 e. The second kappa shape index (κ2) is 9.84. The van der Waals surface area contributed by atoms with Crippen molar-refractivity contribution < 1.29 is 19.0 Å². The number of aromatic nitrogens is 1. The number of hydrogen-bond acceptors (Lipinski definition) is 5. The molecular formula is C28H37FN2O4. The first kappa shape index (κ1) is 25.5. The van der Waals surface area contributed by atoms with Gasteiger partial charge < -0.3 is 14.4 Å². The molecule has 3 aliphatic rings. The number of cyclic esters (lactones) is 1. The van der Waals surface area contributed by atoms with Gasteiger partial charge in [0.25, 0.3) is 5.56 Å². The van der Waals surface area contributed by atoms with E-state index in [2.05, 4.69) is 20.8 Å². The molecule has 0 bridgehead atoms. The summed E-state index contributed by atoms with van der Waals surface area (Å²) in [6, 6.07) is 1.73. The minimum atomic E-state index is -1.86. The van der Waals surface area contributed by atoms with Crippen LogP contribution in [0.2, 0.25) is 0 Å². The molecule has 0 amide bonds. The third-order valence-corrected chi connectivity index (χ3v) is 8.08. The predicted octanol–water partition coefficient (Wildman–Crippen LogP) is 5.41. The molecule has 0 spiro atoms. The molecular weight excluding hydrogens is 447 g/mol. The van der Waals surface area contributed by atoms with Gasteiger partial charge in [0.2, 0.25) is 0 Å². The van der Waals surface area contributed by atoms with Gasteiger partial charge in [-0.3, -0.25) is 9.79 Å². The lowest BCUT2D eigenvalue weighted by atomic mass is 9.74. The Balaban J connectivity index is 1.83. The zero-order valence-electron chi connectivity index (χ0n) is 21.5. The zero-order valence-corrected chi connectivity index (χ0v) is 21.5. The molecule has 190 valence electrons. The van der Waals surface area contributed by atoms with Gasteiger partial charge in [-0.15, -0.1) is 0 Å². The summed E-state index contributed by atoms with van der Waals surface area (Å²) in [5.74, 6) is 0.132. The number of rotatable bonds is 6. The van der Waals surface area contributed by atoms with Crippen LogP contribution in [0, 0.1) is 17.8 Å². The summed E-state index contributed by atoms with van der Waals surface area (Å²) in [7, 11) is 0. The summed E-state index contributed by atoms with van der Waals surface area (Å²) in [6.45, 7) is 10.1. The van der Waals surface area contributed by atoms with Crippen LogP contribution in [0.3, 0.4) is 0 Å². The fourth-order valence-corrected chi connectivity index (χ4v) is 5.99. The standard InChI is InChI=1S/C28H37FN2O4/c1-6-8-9-16(3)21-12-20(11-18(5)29)30-25-19(10-17(21)4)14-31-24(25)13-23-22(26(31)32)15-35-27(33)28(23,34)7-2/h11,13,16-17,21,34H,6-10,12,14-15H2,1-5H3/b18-11+,30-20-/t16?,17-,21+,28?/m0/s1. The lowest BCUT2D eigenvalue weighted by molar-refractivity contribution is -0.172. The quantitative estimate of drug-likeness (QED) is 0.547. The van der Waals surface area contributed by atoms with E-state index in [9.17, 15) is 19.1 Å². The monoisotopic (exact) mass is 484 g/mol. The van der Waals surface area contributed by atoms with Crippen molar-refractivity contribution >= 4 is 17.4 Å². The van der Waals surface area contributed by atoms with Gasteiger partial charge in [-0.2, -0.15) is 0 Å². The van der Waals surface area contributed by atoms with Crippen molar-refractivity contribution in [1.29, 1.82) is 0 Å². The van der Waals surface area contributed by atoms with Crippen LogP contribution in [0.25, 0.3) is 5.70 Å². The van der Waals surface area contributed by atoms with E-state index in [0.717, 1.165) is 31.3 Å². The first-order valence-electron chi connectivity index (χ1n) is 12.9. The average Bonchev–Trinajstić information content (AvgIpc) is 3.13. The molecule has 0 aliphatic carbocycles. The number of halogens is 1. The summed E-state index contributed by atoms with van der Waals surface area (Å²) < 4.78 is 20.9. The van der Waals surface area contributed by atoms with Crippen LogP contribution in [0.15, 0.2) is 33.3 Å². The summed E-state index contributed by atoms with van der Waals surface area (Å²) in [4.78, 5) is 30.8. The second-order valence-corrected chi connectivity index (χ2v) is 10.6. The SMILES string of the molecule is CCCCC(C)[C@H]1CC(/C=C(\C)F)=N\C2=C(C[C@@H]1C)Cn1c2cc2c(c1=O)COC(=O)C2(O)CC. The molecule has 0 aromatic carbocycles. The van der Waals surface area contributed by atoms with Crippen molar-refractivity contribution in [3.05, 3.63) is 50.7 Å². The molecule has 4 rings (SSSR count). The van der Waals surface area contributed by atoms with Crippen molar-refractivity contribution in [2.75, 3.05) is 0 Å². The average molecular weight is 485 g/mol. The molecule has 1 aromatic rings. The van der Waals surface area contributed by atoms with Crippen molar-refractivity contribution in [2.45, 2.75) is 91.9 Å². The number of unbranched alkanes of at least 4 members (excludes halogenated alkanes) is 1. The number of carbonyl (C=O) groups excluding carboxylic acids is 1. The van der Waals surface area contributed by atoms with Crippen LogP contribution < -0.4 is 5.56 Å². The Bertz CT molecular complexity index is 1170. The van der Waals surface area contributed by atoms with Crippen LogP contribution in [-0.2, 0) is 28.3 Å². The summed E-state index contributed by atoms with van der Waals surface area (Å²) in [5.41, 5.74) is 1.45. The molecule has 0 saturated heterocycles. The van der Waals surface area contributed by atoms with E-state index in [-0.39, 0.29) is 24.4 Å². The lowest BCUT2D eigenvalue weighted by Gasteiger charge is -2.32. The van der Waals surface area contributed by atoms with E-state index in [0.29, 0.717) is 58.9 Å². The van der Waals surface area contributed by atoms with E-state index in [1.807, 2.05) is 0 Å². The van der Waals surface area contributed by atoms with Crippen LogP contribution in [0.4, 0.5) is 4.39 Å². The van der Waals surface area contributed by atoms with E-state index in [1.54, 1.807) is 17.6 Å². The second-order valence-electron chi connectivity index (χ2n) is 10.6. The Morgan fingerprint density at radius 2 is 2.11 bits per heavy atom. The van der Waals surface area contributed by atoms with Gasteiger partial charge >= 0.3 is 5.97 Å². The molecule has 0 fully saturated rings. The molecule has 6 nitrogen and oxygen atoms in total. The van der Waals surface area contributed by atoms with Crippen LogP contribution in [0.1, 0.15) is 90.0 Å². The van der Waals surface area contributed by atoms with E-state index in [4.69, 9.17) is 9.73 Å². The fraction of sp³-hybridized carbons (Fsp3) is 0.607. The third kappa shape index (κ3) is 4.55. The fourth-order valence-electron chi connectivity index (χ4n) is 5.99. The van der Waals surface area contributed by atoms with E-state index < -0.39 is 11.6 Å². The van der Waals surface area contributed by atoms with Gasteiger partial charge in [0.05, 0.1) is 22.8 Å². The zero-order chi connectivity index (χ0) is 25.5. The van der Waals surface area contributed by atoms with Crippen LogP contribution in [0.5, 0.6) is 0 Å². The molecule has 1 N–H and O–H groups in total. The Labute approximate surface area is 206 Å². The molecule has 0 saturated carbocycles. The van der Waals surface area contributed by atoms with Gasteiger partial charge in [0, 0.05) is 17.8 Å². The summed E-state index contributed by atoms with van der Waals surface area (Å²) in [5, 5.41) is 11.1. The van der Waals surface area contributed by atoms with Gasteiger partial charge in [0.15, 0.2) is 5.60 Å². The number of carbonyl (C=O) groups is 1. The van der Waals surface area contributed by atoms with Crippen molar-refractivity contribution in [1.82, 2.24) is 4.57 Å². The number of aliphatic imine (C=N–C) groups is 1. The largest absolute Gasteiger partial charge is 0.458 e. The Kier molecular flexibility index (Phi) is 7.18. The van der Waals surface area contributed by atoms with Gasteiger partial charge in [-0.25, -0.2) is 9.18 Å². The predicted molar refractivity (Wildman–Crippen MR) is 134 cm³/mol. The highest BCUT2D eigenvalue weighted by Gasteiger charge is 2.45. The summed E-state index contributed by atoms with van der Waals surface area (Å²) in [6.07, 6.45) is 6.50. The number of aliphatic hydroxyl groups is 1. The summed E-state index contributed by atoms with van der Waals surface area (Å²) >= 11 is 0. The Morgan fingerprint density at radius 1 is 1.37 bits per heavy atom. The van der Waals surface area contributed by atoms with Gasteiger partial charge in [0.1, 0.15) is 6.61 Å². The first-order valence-corrected chi connectivity index (χ1v) is 12.9. The Hall–Kier alpha value is -2.54. The molecule has 4 heterocycles. The maximum atomic E-state index is 14.1. The van der Waals surface area contributed by atoms with E-state index in [1.165, 1.54) is 13.0 Å². The van der Waals surface area contributed by atoms with Gasteiger partial charge in [-0.1, -0.05) is 47.0 Å². The number of ether oxygens (including phenoxy) is 1. The number of hydrogen-bond donors (Lipinski definition) is 1. The normalized spacial score (nSPS) is 28.8.